The fourth-order valence-electron chi connectivity index (χ4n) is 2.19. The van der Waals surface area contributed by atoms with Gasteiger partial charge in [-0.1, -0.05) is 17.7 Å². The summed E-state index contributed by atoms with van der Waals surface area (Å²) in [6.07, 6.45) is 0. The van der Waals surface area contributed by atoms with Crippen LogP contribution in [-0.2, 0) is 4.79 Å². The molecule has 0 atom stereocenters. The van der Waals surface area contributed by atoms with Crippen LogP contribution in [0.1, 0.15) is 40.3 Å². The summed E-state index contributed by atoms with van der Waals surface area (Å²) < 4.78 is 0. The van der Waals surface area contributed by atoms with E-state index in [1.165, 1.54) is 11.3 Å². The van der Waals surface area contributed by atoms with Crippen LogP contribution in [0.5, 0.6) is 0 Å². The summed E-state index contributed by atoms with van der Waals surface area (Å²) in [5.41, 5.74) is 2.59. The first kappa shape index (κ1) is 18.1. The summed E-state index contributed by atoms with van der Waals surface area (Å²) in [7, 11) is 0. The van der Waals surface area contributed by atoms with Gasteiger partial charge in [-0.15, -0.1) is 11.3 Å². The second kappa shape index (κ2) is 7.57. The number of carbonyl (C=O) groups is 2. The van der Waals surface area contributed by atoms with Gasteiger partial charge in [0.2, 0.25) is 5.91 Å². The Morgan fingerprint density at radius 2 is 1.79 bits per heavy atom. The lowest BCUT2D eigenvalue weighted by molar-refractivity contribution is -0.117. The number of hydrogen-bond donors (Lipinski definition) is 1. The molecule has 5 nitrogen and oxygen atoms in total. The largest absolute Gasteiger partial charge is 0.327 e. The Balaban J connectivity index is 2.08. The van der Waals surface area contributed by atoms with Gasteiger partial charge < -0.3 is 10.2 Å². The van der Waals surface area contributed by atoms with Crippen molar-refractivity contribution in [2.75, 3.05) is 11.9 Å². The SMILES string of the molecule is Cc1ccc(C(=O)N(CC(=O)Nc2nc(C)c(C)s2)C(C)C)cc1. The molecule has 2 amide bonds. The third kappa shape index (κ3) is 4.41. The van der Waals surface area contributed by atoms with Crippen LogP contribution >= 0.6 is 11.3 Å². The normalized spacial score (nSPS) is 10.8. The second-order valence-corrected chi connectivity index (χ2v) is 7.30. The van der Waals surface area contributed by atoms with Gasteiger partial charge in [0.05, 0.1) is 5.69 Å². The molecular formula is C18H23N3O2S. The molecule has 0 fully saturated rings. The van der Waals surface area contributed by atoms with E-state index in [4.69, 9.17) is 0 Å². The fourth-order valence-corrected chi connectivity index (χ4v) is 3.02. The van der Waals surface area contributed by atoms with Gasteiger partial charge in [-0.2, -0.15) is 0 Å². The van der Waals surface area contributed by atoms with Gasteiger partial charge in [0, 0.05) is 16.5 Å². The first-order chi connectivity index (χ1) is 11.3. The minimum Gasteiger partial charge on any atom is -0.327 e. The first-order valence-electron chi connectivity index (χ1n) is 7.89. The van der Waals surface area contributed by atoms with Gasteiger partial charge in [0.25, 0.3) is 5.91 Å². The number of aryl methyl sites for hydroxylation is 3. The maximum Gasteiger partial charge on any atom is 0.254 e. The highest BCUT2D eigenvalue weighted by Crippen LogP contribution is 2.21. The van der Waals surface area contributed by atoms with Gasteiger partial charge >= 0.3 is 0 Å². The molecular weight excluding hydrogens is 322 g/mol. The van der Waals surface area contributed by atoms with Gasteiger partial charge in [-0.3, -0.25) is 9.59 Å². The fraction of sp³-hybridized carbons (Fsp3) is 0.389. The summed E-state index contributed by atoms with van der Waals surface area (Å²) in [6, 6.07) is 7.29. The van der Waals surface area contributed by atoms with E-state index in [0.717, 1.165) is 16.1 Å². The molecule has 0 unspecified atom stereocenters. The van der Waals surface area contributed by atoms with Crippen molar-refractivity contribution in [1.29, 1.82) is 0 Å². The van der Waals surface area contributed by atoms with Gasteiger partial charge in [-0.25, -0.2) is 4.98 Å². The topological polar surface area (TPSA) is 62.3 Å². The highest BCUT2D eigenvalue weighted by Gasteiger charge is 2.22. The number of benzene rings is 1. The second-order valence-electron chi connectivity index (χ2n) is 6.10. The molecule has 128 valence electrons. The van der Waals surface area contributed by atoms with Crippen LogP contribution in [0.4, 0.5) is 5.13 Å². The number of hydrogen-bond acceptors (Lipinski definition) is 4. The van der Waals surface area contributed by atoms with Crippen LogP contribution in [-0.4, -0.2) is 34.3 Å². The molecule has 0 aliphatic rings. The number of nitrogens with one attached hydrogen (secondary N) is 1. The predicted molar refractivity (Wildman–Crippen MR) is 97.6 cm³/mol. The van der Waals surface area contributed by atoms with Gasteiger partial charge in [0.1, 0.15) is 6.54 Å². The van der Waals surface area contributed by atoms with E-state index in [-0.39, 0.29) is 24.4 Å². The lowest BCUT2D eigenvalue weighted by atomic mass is 10.1. The molecule has 6 heteroatoms. The summed E-state index contributed by atoms with van der Waals surface area (Å²) >= 11 is 1.44. The molecule has 0 radical (unpaired) electrons. The molecule has 0 spiro atoms. The van der Waals surface area contributed by atoms with Crippen molar-refractivity contribution in [1.82, 2.24) is 9.88 Å². The van der Waals surface area contributed by atoms with Crippen LogP contribution < -0.4 is 5.32 Å². The van der Waals surface area contributed by atoms with Crippen molar-refractivity contribution in [2.24, 2.45) is 0 Å². The van der Waals surface area contributed by atoms with E-state index in [1.54, 1.807) is 17.0 Å². The molecule has 1 aromatic carbocycles. The number of anilines is 1. The summed E-state index contributed by atoms with van der Waals surface area (Å²) in [5.74, 6) is -0.385. The minimum atomic E-state index is -0.238. The van der Waals surface area contributed by atoms with E-state index < -0.39 is 0 Å². The zero-order chi connectivity index (χ0) is 17.9. The smallest absolute Gasteiger partial charge is 0.254 e. The summed E-state index contributed by atoms with van der Waals surface area (Å²) in [4.78, 5) is 31.9. The maximum atomic E-state index is 12.7. The van der Waals surface area contributed by atoms with Crippen molar-refractivity contribution in [3.05, 3.63) is 46.0 Å². The third-order valence-corrected chi connectivity index (χ3v) is 4.76. The van der Waals surface area contributed by atoms with E-state index in [0.29, 0.717) is 10.7 Å². The predicted octanol–water partition coefficient (Wildman–Crippen LogP) is 3.56. The van der Waals surface area contributed by atoms with E-state index in [2.05, 4.69) is 10.3 Å². The van der Waals surface area contributed by atoms with Crippen LogP contribution in [0.3, 0.4) is 0 Å². The molecule has 0 bridgehead atoms. The highest BCUT2D eigenvalue weighted by atomic mass is 32.1. The number of aromatic nitrogens is 1. The van der Waals surface area contributed by atoms with Gasteiger partial charge in [-0.05, 0) is 46.8 Å². The monoisotopic (exact) mass is 345 g/mol. The van der Waals surface area contributed by atoms with Crippen LogP contribution in [0.15, 0.2) is 24.3 Å². The van der Waals surface area contributed by atoms with Gasteiger partial charge in [0.15, 0.2) is 5.13 Å². The average Bonchev–Trinajstić information content (AvgIpc) is 2.82. The lowest BCUT2D eigenvalue weighted by Gasteiger charge is -2.26. The molecule has 0 aliphatic heterocycles. The number of carbonyl (C=O) groups excluding carboxylic acids is 2. The summed E-state index contributed by atoms with van der Waals surface area (Å²) in [5, 5.41) is 3.35. The Hall–Kier alpha value is -2.21. The Morgan fingerprint density at radius 3 is 2.29 bits per heavy atom. The van der Waals surface area contributed by atoms with Crippen molar-refractivity contribution < 1.29 is 9.59 Å². The molecule has 0 saturated carbocycles. The molecule has 1 heterocycles. The van der Waals surface area contributed by atoms with Crippen molar-refractivity contribution in [2.45, 2.75) is 40.7 Å². The quantitative estimate of drug-likeness (QED) is 0.901. The van der Waals surface area contributed by atoms with Crippen molar-refractivity contribution in [3.8, 4) is 0 Å². The Bertz CT molecular complexity index is 716. The van der Waals surface area contributed by atoms with E-state index in [1.807, 2.05) is 46.8 Å². The van der Waals surface area contributed by atoms with E-state index in [9.17, 15) is 9.59 Å². The number of amides is 2. The van der Waals surface area contributed by atoms with E-state index >= 15 is 0 Å². The maximum absolute atomic E-state index is 12.7. The molecule has 0 aliphatic carbocycles. The van der Waals surface area contributed by atoms with Crippen molar-refractivity contribution >= 4 is 28.3 Å². The standard InChI is InChI=1S/C18H23N3O2S/c1-11(2)21(17(23)15-8-6-12(3)7-9-15)10-16(22)20-18-19-13(4)14(5)24-18/h6-9,11H,10H2,1-5H3,(H,19,20,22). The number of nitrogens with zero attached hydrogens (tertiary/aromatic N) is 2. The Kier molecular flexibility index (Phi) is 5.72. The number of rotatable bonds is 5. The third-order valence-electron chi connectivity index (χ3n) is 3.77. The Morgan fingerprint density at radius 1 is 1.17 bits per heavy atom. The highest BCUT2D eigenvalue weighted by molar-refractivity contribution is 7.15. The minimum absolute atomic E-state index is 0.00204. The zero-order valence-electron chi connectivity index (χ0n) is 14.7. The first-order valence-corrected chi connectivity index (χ1v) is 8.71. The van der Waals surface area contributed by atoms with Crippen molar-refractivity contribution in [3.63, 3.8) is 0 Å². The summed E-state index contributed by atoms with van der Waals surface area (Å²) in [6.45, 7) is 9.64. The molecule has 1 aromatic heterocycles. The molecule has 24 heavy (non-hydrogen) atoms. The van der Waals surface area contributed by atoms with Crippen LogP contribution in [0.2, 0.25) is 0 Å². The molecule has 0 saturated heterocycles. The zero-order valence-corrected chi connectivity index (χ0v) is 15.5. The molecule has 1 N–H and O–H groups in total. The van der Waals surface area contributed by atoms with Crippen LogP contribution in [0, 0.1) is 20.8 Å². The lowest BCUT2D eigenvalue weighted by Crippen LogP contribution is -2.42. The average molecular weight is 345 g/mol. The molecule has 2 rings (SSSR count). The van der Waals surface area contributed by atoms with Crippen LogP contribution in [0.25, 0.3) is 0 Å². The molecule has 2 aromatic rings. The number of thiazole rings is 1. The Labute approximate surface area is 146 Å².